The summed E-state index contributed by atoms with van der Waals surface area (Å²) in [6.45, 7) is 0. The van der Waals surface area contributed by atoms with Crippen LogP contribution in [0.15, 0.2) is 29.6 Å². The van der Waals surface area contributed by atoms with Gasteiger partial charge >= 0.3 is 0 Å². The summed E-state index contributed by atoms with van der Waals surface area (Å²) < 4.78 is 0. The second kappa shape index (κ2) is 3.98. The summed E-state index contributed by atoms with van der Waals surface area (Å²) in [6, 6.07) is 7.64. The van der Waals surface area contributed by atoms with Gasteiger partial charge in [-0.25, -0.2) is 4.98 Å². The zero-order valence-corrected chi connectivity index (χ0v) is 8.85. The quantitative estimate of drug-likeness (QED) is 0.852. The summed E-state index contributed by atoms with van der Waals surface area (Å²) in [6.07, 6.45) is 0.672. The standard InChI is InChI=1S/C10H8ClNOS/c11-8-4-2-1-3-7(8)5-10-12-9(13)6-14-10/h1-4,6,13H,5H2. The first-order chi connectivity index (χ1) is 6.75. The van der Waals surface area contributed by atoms with Crippen molar-refractivity contribution in [3.63, 3.8) is 0 Å². The highest BCUT2D eigenvalue weighted by Gasteiger charge is 2.04. The second-order valence-electron chi connectivity index (χ2n) is 2.87. The Kier molecular flexibility index (Phi) is 2.70. The predicted molar refractivity (Wildman–Crippen MR) is 58.0 cm³/mol. The van der Waals surface area contributed by atoms with Crippen LogP contribution in [0, 0.1) is 0 Å². The Bertz CT molecular complexity index is 441. The molecule has 0 saturated carbocycles. The van der Waals surface area contributed by atoms with Crippen LogP contribution in [-0.4, -0.2) is 10.1 Å². The Balaban J connectivity index is 2.23. The number of hydrogen-bond acceptors (Lipinski definition) is 3. The van der Waals surface area contributed by atoms with Gasteiger partial charge in [-0.15, -0.1) is 11.3 Å². The van der Waals surface area contributed by atoms with Crippen molar-refractivity contribution in [2.24, 2.45) is 0 Å². The van der Waals surface area contributed by atoms with Crippen LogP contribution in [0.3, 0.4) is 0 Å². The van der Waals surface area contributed by atoms with E-state index < -0.39 is 0 Å². The van der Waals surface area contributed by atoms with E-state index in [1.807, 2.05) is 24.3 Å². The van der Waals surface area contributed by atoms with Crippen LogP contribution in [0.1, 0.15) is 10.6 Å². The average molecular weight is 226 g/mol. The van der Waals surface area contributed by atoms with Crippen LogP contribution in [0.5, 0.6) is 5.88 Å². The molecule has 1 N–H and O–H groups in total. The molecule has 0 fully saturated rings. The minimum absolute atomic E-state index is 0.0806. The van der Waals surface area contributed by atoms with E-state index in [1.54, 1.807) is 5.38 Å². The zero-order chi connectivity index (χ0) is 9.97. The van der Waals surface area contributed by atoms with E-state index >= 15 is 0 Å². The molecule has 0 amide bonds. The molecule has 0 bridgehead atoms. The Hall–Kier alpha value is -1.06. The molecule has 0 spiro atoms. The molecule has 0 saturated heterocycles. The zero-order valence-electron chi connectivity index (χ0n) is 7.27. The summed E-state index contributed by atoms with van der Waals surface area (Å²) in [7, 11) is 0. The smallest absolute Gasteiger partial charge is 0.222 e. The van der Waals surface area contributed by atoms with Gasteiger partial charge < -0.3 is 5.11 Å². The van der Waals surface area contributed by atoms with E-state index in [2.05, 4.69) is 4.98 Å². The van der Waals surface area contributed by atoms with Crippen LogP contribution in [0.2, 0.25) is 5.02 Å². The molecule has 14 heavy (non-hydrogen) atoms. The lowest BCUT2D eigenvalue weighted by Gasteiger charge is -1.99. The van der Waals surface area contributed by atoms with Crippen molar-refractivity contribution in [1.82, 2.24) is 4.98 Å². The van der Waals surface area contributed by atoms with Gasteiger partial charge in [0.1, 0.15) is 5.01 Å². The van der Waals surface area contributed by atoms with Crippen LogP contribution < -0.4 is 0 Å². The number of aromatic nitrogens is 1. The first-order valence-electron chi connectivity index (χ1n) is 4.12. The van der Waals surface area contributed by atoms with Crippen molar-refractivity contribution < 1.29 is 5.11 Å². The number of nitrogens with zero attached hydrogens (tertiary/aromatic N) is 1. The number of benzene rings is 1. The van der Waals surface area contributed by atoms with Crippen LogP contribution in [-0.2, 0) is 6.42 Å². The van der Waals surface area contributed by atoms with Crippen molar-refractivity contribution in [3.8, 4) is 5.88 Å². The molecule has 1 aromatic carbocycles. The lowest BCUT2D eigenvalue weighted by atomic mass is 10.2. The van der Waals surface area contributed by atoms with Gasteiger partial charge in [0.05, 0.1) is 5.38 Å². The molecule has 0 aliphatic carbocycles. The lowest BCUT2D eigenvalue weighted by Crippen LogP contribution is -1.87. The number of thiazole rings is 1. The molecule has 1 heterocycles. The Morgan fingerprint density at radius 3 is 2.79 bits per heavy atom. The van der Waals surface area contributed by atoms with E-state index in [1.165, 1.54) is 11.3 Å². The molecule has 0 atom stereocenters. The molecular weight excluding hydrogens is 218 g/mol. The van der Waals surface area contributed by atoms with Gasteiger partial charge in [-0.1, -0.05) is 29.8 Å². The fourth-order valence-electron chi connectivity index (χ4n) is 1.19. The molecule has 2 rings (SSSR count). The highest BCUT2D eigenvalue weighted by atomic mass is 35.5. The van der Waals surface area contributed by atoms with Gasteiger partial charge in [0.2, 0.25) is 5.88 Å². The number of hydrogen-bond donors (Lipinski definition) is 1. The van der Waals surface area contributed by atoms with Gasteiger partial charge in [0, 0.05) is 11.4 Å². The van der Waals surface area contributed by atoms with Gasteiger partial charge in [-0.3, -0.25) is 0 Å². The molecule has 0 aliphatic heterocycles. The third kappa shape index (κ3) is 2.05. The second-order valence-corrected chi connectivity index (χ2v) is 4.22. The van der Waals surface area contributed by atoms with Crippen LogP contribution in [0.25, 0.3) is 0 Å². The van der Waals surface area contributed by atoms with Crippen LogP contribution in [0.4, 0.5) is 0 Å². The average Bonchev–Trinajstić information content (AvgIpc) is 2.56. The van der Waals surface area contributed by atoms with Gasteiger partial charge in [-0.05, 0) is 11.6 Å². The monoisotopic (exact) mass is 225 g/mol. The molecule has 2 nitrogen and oxygen atoms in total. The summed E-state index contributed by atoms with van der Waals surface area (Å²) >= 11 is 7.43. The number of rotatable bonds is 2. The summed E-state index contributed by atoms with van der Waals surface area (Å²) in [5.41, 5.74) is 1.03. The number of halogens is 1. The highest BCUT2D eigenvalue weighted by Crippen LogP contribution is 2.22. The Labute approximate surface area is 90.8 Å². The molecule has 0 aliphatic rings. The number of aromatic hydroxyl groups is 1. The fourth-order valence-corrected chi connectivity index (χ4v) is 2.07. The van der Waals surface area contributed by atoms with Gasteiger partial charge in [0.15, 0.2) is 0 Å². The van der Waals surface area contributed by atoms with E-state index in [-0.39, 0.29) is 5.88 Å². The first kappa shape index (κ1) is 9.49. The molecule has 0 radical (unpaired) electrons. The SMILES string of the molecule is Oc1csc(Cc2ccccc2Cl)n1. The maximum absolute atomic E-state index is 9.07. The van der Waals surface area contributed by atoms with Crippen molar-refractivity contribution in [3.05, 3.63) is 45.2 Å². The summed E-state index contributed by atoms with van der Waals surface area (Å²) in [4.78, 5) is 3.96. The van der Waals surface area contributed by atoms with E-state index in [0.717, 1.165) is 15.6 Å². The van der Waals surface area contributed by atoms with E-state index in [4.69, 9.17) is 16.7 Å². The van der Waals surface area contributed by atoms with E-state index in [9.17, 15) is 0 Å². The molecular formula is C10H8ClNOS. The van der Waals surface area contributed by atoms with Gasteiger partial charge in [0.25, 0.3) is 0 Å². The van der Waals surface area contributed by atoms with Crippen molar-refractivity contribution >= 4 is 22.9 Å². The Morgan fingerprint density at radius 2 is 2.14 bits per heavy atom. The van der Waals surface area contributed by atoms with Crippen LogP contribution >= 0.6 is 22.9 Å². The predicted octanol–water partition coefficient (Wildman–Crippen LogP) is 3.09. The third-order valence-corrected chi connectivity index (χ3v) is 3.04. The maximum Gasteiger partial charge on any atom is 0.222 e. The van der Waals surface area contributed by atoms with Gasteiger partial charge in [-0.2, -0.15) is 0 Å². The first-order valence-corrected chi connectivity index (χ1v) is 5.38. The summed E-state index contributed by atoms with van der Waals surface area (Å²) in [5, 5.41) is 12.3. The summed E-state index contributed by atoms with van der Waals surface area (Å²) in [5.74, 6) is 0.0806. The third-order valence-electron chi connectivity index (χ3n) is 1.84. The Morgan fingerprint density at radius 1 is 1.36 bits per heavy atom. The maximum atomic E-state index is 9.07. The highest BCUT2D eigenvalue weighted by molar-refractivity contribution is 7.09. The van der Waals surface area contributed by atoms with Crippen molar-refractivity contribution in [2.75, 3.05) is 0 Å². The molecule has 0 unspecified atom stereocenters. The molecule has 72 valence electrons. The van der Waals surface area contributed by atoms with Crippen molar-refractivity contribution in [2.45, 2.75) is 6.42 Å². The minimum atomic E-state index is 0.0806. The van der Waals surface area contributed by atoms with Crippen molar-refractivity contribution in [1.29, 1.82) is 0 Å². The minimum Gasteiger partial charge on any atom is -0.493 e. The topological polar surface area (TPSA) is 33.1 Å². The molecule has 4 heteroatoms. The molecule has 1 aromatic heterocycles. The largest absolute Gasteiger partial charge is 0.493 e. The normalized spacial score (nSPS) is 10.4. The lowest BCUT2D eigenvalue weighted by molar-refractivity contribution is 0.456. The van der Waals surface area contributed by atoms with E-state index in [0.29, 0.717) is 6.42 Å². The fraction of sp³-hybridized carbons (Fsp3) is 0.100. The molecule has 2 aromatic rings.